The van der Waals surface area contributed by atoms with E-state index in [1.54, 1.807) is 19.3 Å². The van der Waals surface area contributed by atoms with Crippen LogP contribution in [0.2, 0.25) is 0 Å². The summed E-state index contributed by atoms with van der Waals surface area (Å²) in [6.07, 6.45) is 3.55. The Bertz CT molecular complexity index is 1130. The molecule has 1 N–H and O–H groups in total. The van der Waals surface area contributed by atoms with Crippen molar-refractivity contribution in [3.63, 3.8) is 0 Å². The van der Waals surface area contributed by atoms with Crippen LogP contribution < -0.4 is 10.1 Å². The van der Waals surface area contributed by atoms with Crippen LogP contribution in [-0.2, 0) is 22.6 Å². The summed E-state index contributed by atoms with van der Waals surface area (Å²) in [6, 6.07) is 19.6. The fraction of sp³-hybridized carbons (Fsp3) is 0.321. The number of aromatic nitrogens is 1. The SMILES string of the molecule is CC(C)C(=O)N1CCc2ccc(OC(C)C(=O)NCc3cccnc3)cc2C1c1ccccc1. The Morgan fingerprint density at radius 2 is 1.88 bits per heavy atom. The molecule has 0 spiro atoms. The van der Waals surface area contributed by atoms with Gasteiger partial charge in [-0.05, 0) is 53.8 Å². The number of fused-ring (bicyclic) bond motifs is 1. The van der Waals surface area contributed by atoms with Gasteiger partial charge in [-0.15, -0.1) is 0 Å². The Balaban J connectivity index is 1.55. The van der Waals surface area contributed by atoms with Gasteiger partial charge in [-0.1, -0.05) is 56.3 Å². The molecule has 1 aliphatic rings. The zero-order valence-electron chi connectivity index (χ0n) is 19.9. The molecule has 0 saturated carbocycles. The third kappa shape index (κ3) is 5.28. The lowest BCUT2D eigenvalue weighted by molar-refractivity contribution is -0.136. The van der Waals surface area contributed by atoms with E-state index >= 15 is 0 Å². The van der Waals surface area contributed by atoms with Gasteiger partial charge < -0.3 is 15.0 Å². The van der Waals surface area contributed by atoms with E-state index in [0.29, 0.717) is 18.8 Å². The molecule has 2 aromatic carbocycles. The summed E-state index contributed by atoms with van der Waals surface area (Å²) in [5.41, 5.74) is 4.24. The van der Waals surface area contributed by atoms with Crippen molar-refractivity contribution in [3.05, 3.63) is 95.3 Å². The first kappa shape index (κ1) is 23.5. The average molecular weight is 458 g/mol. The molecule has 0 saturated heterocycles. The molecule has 1 aromatic heterocycles. The maximum atomic E-state index is 13.1. The number of carbonyl (C=O) groups is 2. The van der Waals surface area contributed by atoms with Crippen LogP contribution in [0.5, 0.6) is 5.75 Å². The fourth-order valence-corrected chi connectivity index (χ4v) is 4.32. The van der Waals surface area contributed by atoms with Crippen LogP contribution in [-0.4, -0.2) is 34.3 Å². The molecule has 1 aliphatic heterocycles. The monoisotopic (exact) mass is 457 g/mol. The van der Waals surface area contributed by atoms with Crippen LogP contribution in [0, 0.1) is 5.92 Å². The van der Waals surface area contributed by atoms with Gasteiger partial charge in [-0.3, -0.25) is 14.6 Å². The zero-order valence-corrected chi connectivity index (χ0v) is 19.9. The Morgan fingerprint density at radius 3 is 2.59 bits per heavy atom. The summed E-state index contributed by atoms with van der Waals surface area (Å²) < 4.78 is 6.03. The number of pyridine rings is 1. The van der Waals surface area contributed by atoms with Gasteiger partial charge in [-0.25, -0.2) is 0 Å². The number of rotatable bonds is 7. The quantitative estimate of drug-likeness (QED) is 0.574. The van der Waals surface area contributed by atoms with E-state index in [9.17, 15) is 9.59 Å². The van der Waals surface area contributed by atoms with E-state index in [1.807, 2.05) is 61.2 Å². The van der Waals surface area contributed by atoms with Crippen molar-refractivity contribution in [2.45, 2.75) is 45.9 Å². The number of benzene rings is 2. The second kappa shape index (κ2) is 10.5. The highest BCUT2D eigenvalue weighted by atomic mass is 16.5. The van der Waals surface area contributed by atoms with Crippen molar-refractivity contribution in [1.29, 1.82) is 0 Å². The maximum Gasteiger partial charge on any atom is 0.261 e. The predicted octanol–water partition coefficient (Wildman–Crippen LogP) is 4.30. The number of ether oxygens (including phenoxy) is 1. The van der Waals surface area contributed by atoms with Crippen molar-refractivity contribution in [2.75, 3.05) is 6.54 Å². The van der Waals surface area contributed by atoms with Gasteiger partial charge in [0, 0.05) is 31.4 Å². The number of carbonyl (C=O) groups excluding carboxylic acids is 2. The minimum atomic E-state index is -0.665. The topological polar surface area (TPSA) is 71.5 Å². The molecular weight excluding hydrogens is 426 g/mol. The van der Waals surface area contributed by atoms with Crippen molar-refractivity contribution >= 4 is 11.8 Å². The molecule has 2 atom stereocenters. The molecule has 6 heteroatoms. The molecule has 0 fully saturated rings. The number of hydrogen-bond acceptors (Lipinski definition) is 4. The molecular formula is C28H31N3O3. The second-order valence-electron chi connectivity index (χ2n) is 8.95. The Hall–Kier alpha value is -3.67. The Labute approximate surface area is 201 Å². The average Bonchev–Trinajstić information content (AvgIpc) is 2.87. The third-order valence-electron chi connectivity index (χ3n) is 6.11. The molecule has 0 radical (unpaired) electrons. The van der Waals surface area contributed by atoms with Crippen LogP contribution in [0.25, 0.3) is 0 Å². The molecule has 2 heterocycles. The molecule has 2 unspecified atom stereocenters. The van der Waals surface area contributed by atoms with E-state index in [-0.39, 0.29) is 23.8 Å². The molecule has 4 rings (SSSR count). The standard InChI is InChI=1S/C28H31N3O3/c1-19(2)28(33)31-15-13-22-11-12-24(16-25(22)26(31)23-9-5-4-6-10-23)34-20(3)27(32)30-18-21-8-7-14-29-17-21/h4-12,14,16-17,19-20,26H,13,15,18H2,1-3H3,(H,30,32). The van der Waals surface area contributed by atoms with Crippen LogP contribution in [0.4, 0.5) is 0 Å². The summed E-state index contributed by atoms with van der Waals surface area (Å²) in [5.74, 6) is 0.463. The first-order valence-electron chi connectivity index (χ1n) is 11.8. The minimum Gasteiger partial charge on any atom is -0.481 e. The fourth-order valence-electron chi connectivity index (χ4n) is 4.32. The van der Waals surface area contributed by atoms with Crippen molar-refractivity contribution in [2.24, 2.45) is 5.92 Å². The smallest absolute Gasteiger partial charge is 0.261 e. The summed E-state index contributed by atoms with van der Waals surface area (Å²) in [4.78, 5) is 31.7. The molecule has 3 aromatic rings. The van der Waals surface area contributed by atoms with Gasteiger partial charge in [0.25, 0.3) is 5.91 Å². The van der Waals surface area contributed by atoms with E-state index in [1.165, 1.54) is 5.56 Å². The van der Waals surface area contributed by atoms with Crippen LogP contribution >= 0.6 is 0 Å². The Kier molecular flexibility index (Phi) is 7.26. The first-order valence-corrected chi connectivity index (χ1v) is 11.8. The molecule has 0 aliphatic carbocycles. The summed E-state index contributed by atoms with van der Waals surface area (Å²) >= 11 is 0. The molecule has 176 valence electrons. The van der Waals surface area contributed by atoms with Gasteiger partial charge in [0.2, 0.25) is 5.91 Å². The lowest BCUT2D eigenvalue weighted by Crippen LogP contribution is -2.42. The number of nitrogens with zero attached hydrogens (tertiary/aromatic N) is 2. The van der Waals surface area contributed by atoms with E-state index in [0.717, 1.165) is 23.1 Å². The van der Waals surface area contributed by atoms with Crippen molar-refractivity contribution < 1.29 is 14.3 Å². The second-order valence-corrected chi connectivity index (χ2v) is 8.95. The Morgan fingerprint density at radius 1 is 1.09 bits per heavy atom. The number of amides is 2. The number of hydrogen-bond donors (Lipinski definition) is 1. The van der Waals surface area contributed by atoms with Gasteiger partial charge >= 0.3 is 0 Å². The first-order chi connectivity index (χ1) is 16.4. The third-order valence-corrected chi connectivity index (χ3v) is 6.11. The molecule has 34 heavy (non-hydrogen) atoms. The van der Waals surface area contributed by atoms with Gasteiger partial charge in [0.05, 0.1) is 6.04 Å². The molecule has 0 bridgehead atoms. The van der Waals surface area contributed by atoms with Gasteiger partial charge in [0.1, 0.15) is 5.75 Å². The molecule has 6 nitrogen and oxygen atoms in total. The summed E-state index contributed by atoms with van der Waals surface area (Å²) in [7, 11) is 0. The molecule has 2 amide bonds. The summed E-state index contributed by atoms with van der Waals surface area (Å²) in [6.45, 7) is 6.68. The largest absolute Gasteiger partial charge is 0.481 e. The van der Waals surface area contributed by atoms with E-state index in [4.69, 9.17) is 4.74 Å². The minimum absolute atomic E-state index is 0.0873. The normalized spacial score (nSPS) is 16.0. The van der Waals surface area contributed by atoms with Gasteiger partial charge in [-0.2, -0.15) is 0 Å². The van der Waals surface area contributed by atoms with Crippen molar-refractivity contribution in [1.82, 2.24) is 15.2 Å². The zero-order chi connectivity index (χ0) is 24.1. The highest BCUT2D eigenvalue weighted by Crippen LogP contribution is 2.38. The van der Waals surface area contributed by atoms with Crippen LogP contribution in [0.1, 0.15) is 49.1 Å². The van der Waals surface area contributed by atoms with E-state index in [2.05, 4.69) is 28.5 Å². The van der Waals surface area contributed by atoms with Crippen LogP contribution in [0.15, 0.2) is 73.1 Å². The van der Waals surface area contributed by atoms with Crippen molar-refractivity contribution in [3.8, 4) is 5.75 Å². The van der Waals surface area contributed by atoms with Crippen LogP contribution in [0.3, 0.4) is 0 Å². The van der Waals surface area contributed by atoms with E-state index < -0.39 is 6.10 Å². The van der Waals surface area contributed by atoms with Gasteiger partial charge in [0.15, 0.2) is 6.10 Å². The lowest BCUT2D eigenvalue weighted by Gasteiger charge is -2.39. The maximum absolute atomic E-state index is 13.1. The predicted molar refractivity (Wildman–Crippen MR) is 131 cm³/mol. The lowest BCUT2D eigenvalue weighted by atomic mass is 9.87. The summed E-state index contributed by atoms with van der Waals surface area (Å²) in [5, 5.41) is 2.89. The number of nitrogens with one attached hydrogen (secondary N) is 1. The highest BCUT2D eigenvalue weighted by Gasteiger charge is 2.33. The highest BCUT2D eigenvalue weighted by molar-refractivity contribution is 5.81.